The zero-order valence-electron chi connectivity index (χ0n) is 21.9. The van der Waals surface area contributed by atoms with Crippen LogP contribution in [0.4, 0.5) is 5.69 Å². The van der Waals surface area contributed by atoms with E-state index >= 15 is 0 Å². The average molecular weight is 556 g/mol. The van der Waals surface area contributed by atoms with E-state index < -0.39 is 0 Å². The Balaban J connectivity index is 1.28. The van der Waals surface area contributed by atoms with Crippen LogP contribution in [0.2, 0.25) is 10.0 Å². The number of benzene rings is 3. The average Bonchev–Trinajstić information content (AvgIpc) is 2.94. The molecule has 2 fully saturated rings. The minimum Gasteiger partial charge on any atom is -0.488 e. The molecule has 2 aliphatic heterocycles. The molecule has 0 bridgehead atoms. The predicted molar refractivity (Wildman–Crippen MR) is 154 cm³/mol. The van der Waals surface area contributed by atoms with Crippen molar-refractivity contribution in [3.63, 3.8) is 0 Å². The largest absolute Gasteiger partial charge is 0.488 e. The van der Waals surface area contributed by atoms with Gasteiger partial charge in [-0.2, -0.15) is 0 Å². The van der Waals surface area contributed by atoms with E-state index in [-0.39, 0.29) is 18.4 Å². The highest BCUT2D eigenvalue weighted by Gasteiger charge is 2.30. The molecule has 2 aliphatic rings. The Morgan fingerprint density at radius 1 is 0.974 bits per heavy atom. The van der Waals surface area contributed by atoms with Crippen molar-refractivity contribution in [2.75, 3.05) is 37.7 Å². The van der Waals surface area contributed by atoms with Crippen molar-refractivity contribution in [1.82, 2.24) is 4.90 Å². The van der Waals surface area contributed by atoms with Crippen LogP contribution in [0.1, 0.15) is 43.4 Å². The Morgan fingerprint density at radius 2 is 1.79 bits per heavy atom. The van der Waals surface area contributed by atoms with Gasteiger partial charge in [0.05, 0.1) is 23.4 Å². The summed E-state index contributed by atoms with van der Waals surface area (Å²) >= 11 is 13.1. The summed E-state index contributed by atoms with van der Waals surface area (Å²) in [5.74, 6) is 0.741. The van der Waals surface area contributed by atoms with E-state index in [4.69, 9.17) is 37.4 Å². The molecule has 7 heteroatoms. The second kappa shape index (κ2) is 13.2. The molecule has 3 atom stereocenters. The molecular weight excluding hydrogens is 519 g/mol. The summed E-state index contributed by atoms with van der Waals surface area (Å²) < 4.78 is 17.7. The van der Waals surface area contributed by atoms with Crippen molar-refractivity contribution in [2.45, 2.75) is 51.2 Å². The zero-order valence-corrected chi connectivity index (χ0v) is 23.4. The van der Waals surface area contributed by atoms with Gasteiger partial charge in [0.15, 0.2) is 6.29 Å². The van der Waals surface area contributed by atoms with Gasteiger partial charge in [0.25, 0.3) is 0 Å². The number of hydrogen-bond acceptors (Lipinski definition) is 5. The van der Waals surface area contributed by atoms with Crippen molar-refractivity contribution in [3.05, 3.63) is 94.0 Å². The maximum atomic E-state index is 6.88. The number of rotatable bonds is 9. The molecule has 0 saturated carbocycles. The summed E-state index contributed by atoms with van der Waals surface area (Å²) in [6.45, 7) is 6.89. The summed E-state index contributed by atoms with van der Waals surface area (Å²) in [7, 11) is 0. The lowest BCUT2D eigenvalue weighted by molar-refractivity contribution is -0.171. The first kappa shape index (κ1) is 27.3. The maximum absolute atomic E-state index is 6.88. The lowest BCUT2D eigenvalue weighted by Gasteiger charge is -2.43. The summed E-state index contributed by atoms with van der Waals surface area (Å²) in [6.07, 6.45) is 2.98. The number of ether oxygens (including phenoxy) is 3. The predicted octanol–water partition coefficient (Wildman–Crippen LogP) is 7.37. The molecule has 2 saturated heterocycles. The Kier molecular flexibility index (Phi) is 9.47. The van der Waals surface area contributed by atoms with Gasteiger partial charge in [-0.1, -0.05) is 65.7 Å². The zero-order chi connectivity index (χ0) is 26.3. The molecule has 0 radical (unpaired) electrons. The summed E-state index contributed by atoms with van der Waals surface area (Å²) in [5, 5.41) is 1.42. The second-order valence-electron chi connectivity index (χ2n) is 10.2. The van der Waals surface area contributed by atoms with Gasteiger partial charge in [-0.3, -0.25) is 4.90 Å². The Labute approximate surface area is 236 Å². The van der Waals surface area contributed by atoms with E-state index in [0.29, 0.717) is 11.6 Å². The number of halogens is 2. The molecule has 2 heterocycles. The number of piperazine rings is 1. The van der Waals surface area contributed by atoms with Crippen molar-refractivity contribution >= 4 is 28.9 Å². The van der Waals surface area contributed by atoms with Crippen LogP contribution in [0.25, 0.3) is 0 Å². The summed E-state index contributed by atoms with van der Waals surface area (Å²) in [4.78, 5) is 4.91. The molecule has 5 rings (SSSR count). The van der Waals surface area contributed by atoms with E-state index in [1.807, 2.05) is 31.2 Å². The molecule has 0 spiro atoms. The van der Waals surface area contributed by atoms with Gasteiger partial charge in [0.2, 0.25) is 0 Å². The van der Waals surface area contributed by atoms with Gasteiger partial charge in [-0.25, -0.2) is 0 Å². The highest BCUT2D eigenvalue weighted by atomic mass is 35.5. The molecule has 3 aromatic carbocycles. The Bertz CT molecular complexity index is 1160. The van der Waals surface area contributed by atoms with Gasteiger partial charge >= 0.3 is 0 Å². The first-order valence-corrected chi connectivity index (χ1v) is 14.3. The first-order chi connectivity index (χ1) is 18.5. The third-order valence-corrected chi connectivity index (χ3v) is 7.74. The van der Waals surface area contributed by atoms with Crippen LogP contribution in [0.3, 0.4) is 0 Å². The summed E-state index contributed by atoms with van der Waals surface area (Å²) in [6, 6.07) is 25.0. The number of nitrogens with zero attached hydrogens (tertiary/aromatic N) is 2. The van der Waals surface area contributed by atoms with Gasteiger partial charge < -0.3 is 19.1 Å². The minimum absolute atomic E-state index is 0.106. The van der Waals surface area contributed by atoms with E-state index in [9.17, 15) is 0 Å². The van der Waals surface area contributed by atoms with Crippen LogP contribution >= 0.6 is 23.2 Å². The van der Waals surface area contributed by atoms with Crippen molar-refractivity contribution in [3.8, 4) is 5.75 Å². The van der Waals surface area contributed by atoms with Gasteiger partial charge in [-0.15, -0.1) is 0 Å². The molecule has 38 heavy (non-hydrogen) atoms. The standard InChI is InChI=1S/C31H36Cl2N2O3/c1-23(22-37-31-9-5-6-18-36-31)38-27-14-15-29(28(33)19-27)35-17-16-34(20-24-7-3-2-4-8-24)21-30(35)25-10-12-26(32)13-11-25/h2-4,7-8,10-15,19,23,30-31H,5-6,9,16-18,20-22H2,1H3/t23-,30+,31?/m1/s1. The van der Waals surface area contributed by atoms with E-state index in [1.165, 1.54) is 11.1 Å². The smallest absolute Gasteiger partial charge is 0.157 e. The highest BCUT2D eigenvalue weighted by molar-refractivity contribution is 6.33. The quantitative estimate of drug-likeness (QED) is 0.276. The van der Waals surface area contributed by atoms with Crippen LogP contribution in [0.15, 0.2) is 72.8 Å². The van der Waals surface area contributed by atoms with Gasteiger partial charge in [0, 0.05) is 43.9 Å². The summed E-state index contributed by atoms with van der Waals surface area (Å²) in [5.41, 5.74) is 3.56. The van der Waals surface area contributed by atoms with Gasteiger partial charge in [-0.05, 0) is 61.6 Å². The fourth-order valence-corrected chi connectivity index (χ4v) is 5.63. The first-order valence-electron chi connectivity index (χ1n) is 13.5. The topological polar surface area (TPSA) is 34.2 Å². The Morgan fingerprint density at radius 3 is 2.53 bits per heavy atom. The van der Waals surface area contributed by atoms with Crippen LogP contribution < -0.4 is 9.64 Å². The maximum Gasteiger partial charge on any atom is 0.157 e. The van der Waals surface area contributed by atoms with E-state index in [2.05, 4.69) is 58.3 Å². The SMILES string of the molecule is C[C@H](COC1CCCCO1)Oc1ccc(N2CCN(Cc3ccccc3)C[C@H]2c2ccc(Cl)cc2)c(Cl)c1. The molecule has 0 aromatic heterocycles. The molecule has 0 amide bonds. The minimum atomic E-state index is -0.119. The third kappa shape index (κ3) is 7.22. The lowest BCUT2D eigenvalue weighted by Crippen LogP contribution is -2.48. The van der Waals surface area contributed by atoms with E-state index in [0.717, 1.165) is 68.5 Å². The van der Waals surface area contributed by atoms with Crippen molar-refractivity contribution < 1.29 is 14.2 Å². The highest BCUT2D eigenvalue weighted by Crippen LogP contribution is 2.38. The molecule has 3 aromatic rings. The number of anilines is 1. The molecule has 0 N–H and O–H groups in total. The van der Waals surface area contributed by atoms with Crippen LogP contribution in [0, 0.1) is 0 Å². The second-order valence-corrected chi connectivity index (χ2v) is 11.0. The Hall–Kier alpha value is -2.28. The fraction of sp³-hybridized carbons (Fsp3) is 0.419. The van der Waals surface area contributed by atoms with Crippen LogP contribution in [0.5, 0.6) is 5.75 Å². The number of hydrogen-bond donors (Lipinski definition) is 0. The third-order valence-electron chi connectivity index (χ3n) is 7.19. The van der Waals surface area contributed by atoms with Crippen LogP contribution in [-0.2, 0) is 16.0 Å². The molecule has 1 unspecified atom stereocenters. The fourth-order valence-electron chi connectivity index (χ4n) is 5.23. The molecule has 0 aliphatic carbocycles. The normalized spacial score (nSPS) is 21.3. The monoisotopic (exact) mass is 554 g/mol. The van der Waals surface area contributed by atoms with Crippen molar-refractivity contribution in [2.24, 2.45) is 0 Å². The van der Waals surface area contributed by atoms with Crippen molar-refractivity contribution in [1.29, 1.82) is 0 Å². The lowest BCUT2D eigenvalue weighted by atomic mass is 10.0. The molecule has 202 valence electrons. The van der Waals surface area contributed by atoms with Gasteiger partial charge in [0.1, 0.15) is 11.9 Å². The van der Waals surface area contributed by atoms with E-state index in [1.54, 1.807) is 0 Å². The molecule has 5 nitrogen and oxygen atoms in total. The van der Waals surface area contributed by atoms with Crippen LogP contribution in [-0.4, -0.2) is 50.1 Å². The molecular formula is C31H36Cl2N2O3.